The summed E-state index contributed by atoms with van der Waals surface area (Å²) in [5, 5.41) is 1.44. The number of pyridine rings is 1. The largest absolute Gasteiger partial charge is 0.358 e. The summed E-state index contributed by atoms with van der Waals surface area (Å²) < 4.78 is 0. The lowest BCUT2D eigenvalue weighted by molar-refractivity contribution is 1.23. The monoisotopic (exact) mass is 258 g/mol. The Morgan fingerprint density at radius 2 is 1.89 bits per heavy atom. The first-order valence-corrected chi connectivity index (χ1v) is 6.00. The van der Waals surface area contributed by atoms with E-state index in [9.17, 15) is 4.79 Å². The Kier molecular flexibility index (Phi) is 2.49. The summed E-state index contributed by atoms with van der Waals surface area (Å²) in [6.07, 6.45) is 0. The molecule has 0 atom stereocenters. The van der Waals surface area contributed by atoms with Crippen molar-refractivity contribution in [2.75, 3.05) is 0 Å². The molecule has 0 unspecified atom stereocenters. The molecule has 1 aromatic carbocycles. The van der Waals surface area contributed by atoms with Crippen molar-refractivity contribution in [2.45, 2.75) is 6.92 Å². The van der Waals surface area contributed by atoms with E-state index in [1.807, 2.05) is 31.2 Å². The molecule has 0 amide bonds. The van der Waals surface area contributed by atoms with Crippen LogP contribution in [0.15, 0.2) is 41.2 Å². The molecule has 4 heteroatoms. The third kappa shape index (κ3) is 1.73. The molecule has 3 aromatic rings. The third-order valence-electron chi connectivity index (χ3n) is 2.99. The normalized spacial score (nSPS) is 11.0. The van der Waals surface area contributed by atoms with E-state index in [4.69, 9.17) is 11.6 Å². The number of hydrogen-bond acceptors (Lipinski definition) is 1. The maximum absolute atomic E-state index is 11.5. The van der Waals surface area contributed by atoms with Crippen molar-refractivity contribution in [2.24, 2.45) is 0 Å². The highest BCUT2D eigenvalue weighted by molar-refractivity contribution is 6.29. The molecule has 2 N–H and O–H groups in total. The molecule has 0 aliphatic heterocycles. The molecule has 2 aromatic heterocycles. The molecule has 0 saturated carbocycles. The first-order valence-electron chi connectivity index (χ1n) is 5.63. The molecular formula is C14H11ClN2O. The lowest BCUT2D eigenvalue weighted by Crippen LogP contribution is -2.03. The summed E-state index contributed by atoms with van der Waals surface area (Å²) in [5.74, 6) is 0. The predicted molar refractivity (Wildman–Crippen MR) is 74.1 cm³/mol. The highest BCUT2D eigenvalue weighted by Crippen LogP contribution is 2.31. The van der Waals surface area contributed by atoms with Crippen LogP contribution in [0, 0.1) is 6.92 Å². The number of nitrogens with one attached hydrogen (secondary N) is 2. The van der Waals surface area contributed by atoms with Crippen molar-refractivity contribution in [3.05, 3.63) is 57.6 Å². The first kappa shape index (κ1) is 11.1. The molecule has 2 heterocycles. The van der Waals surface area contributed by atoms with Crippen LogP contribution in [0.2, 0.25) is 5.15 Å². The molecule has 0 aliphatic carbocycles. The minimum absolute atomic E-state index is 0.192. The first-order chi connectivity index (χ1) is 8.65. The summed E-state index contributed by atoms with van der Waals surface area (Å²) in [5.41, 5.74) is 3.75. The molecule has 0 aliphatic rings. The van der Waals surface area contributed by atoms with Crippen molar-refractivity contribution in [3.63, 3.8) is 0 Å². The predicted octanol–water partition coefficient (Wildman–Crippen LogP) is 3.49. The van der Waals surface area contributed by atoms with Gasteiger partial charge in [-0.05, 0) is 24.6 Å². The number of para-hydroxylation sites is 1. The summed E-state index contributed by atoms with van der Waals surface area (Å²) in [7, 11) is 0. The summed E-state index contributed by atoms with van der Waals surface area (Å²) in [4.78, 5) is 17.4. The van der Waals surface area contributed by atoms with Crippen LogP contribution in [0.25, 0.3) is 22.0 Å². The highest BCUT2D eigenvalue weighted by Gasteiger charge is 2.11. The highest BCUT2D eigenvalue weighted by atomic mass is 35.5. The number of hydrogen-bond donors (Lipinski definition) is 2. The van der Waals surface area contributed by atoms with Gasteiger partial charge in [0, 0.05) is 28.2 Å². The number of H-pyrrole nitrogens is 2. The minimum Gasteiger partial charge on any atom is -0.358 e. The van der Waals surface area contributed by atoms with Crippen molar-refractivity contribution in [1.29, 1.82) is 0 Å². The van der Waals surface area contributed by atoms with Crippen LogP contribution < -0.4 is 5.56 Å². The number of fused-ring (bicyclic) bond motifs is 1. The molecule has 90 valence electrons. The molecule has 3 nitrogen and oxygen atoms in total. The molecular weight excluding hydrogens is 248 g/mol. The second-order valence-corrected chi connectivity index (χ2v) is 4.66. The van der Waals surface area contributed by atoms with Gasteiger partial charge in [0.05, 0.1) is 0 Å². The topological polar surface area (TPSA) is 48.6 Å². The molecule has 3 rings (SSSR count). The van der Waals surface area contributed by atoms with Gasteiger partial charge < -0.3 is 9.97 Å². The zero-order valence-electron chi connectivity index (χ0n) is 9.75. The fourth-order valence-electron chi connectivity index (χ4n) is 2.30. The van der Waals surface area contributed by atoms with Crippen LogP contribution in [-0.2, 0) is 0 Å². The summed E-state index contributed by atoms with van der Waals surface area (Å²) >= 11 is 5.90. The van der Waals surface area contributed by atoms with Gasteiger partial charge in [0.15, 0.2) is 0 Å². The van der Waals surface area contributed by atoms with Crippen LogP contribution in [0.3, 0.4) is 0 Å². The van der Waals surface area contributed by atoms with E-state index in [-0.39, 0.29) is 5.56 Å². The van der Waals surface area contributed by atoms with Gasteiger partial charge in [-0.3, -0.25) is 4.79 Å². The zero-order valence-corrected chi connectivity index (χ0v) is 10.5. The molecule has 0 spiro atoms. The van der Waals surface area contributed by atoms with Gasteiger partial charge in [-0.2, -0.15) is 0 Å². The summed E-state index contributed by atoms with van der Waals surface area (Å²) in [6, 6.07) is 11.3. The van der Waals surface area contributed by atoms with E-state index >= 15 is 0 Å². The Bertz CT molecular complexity index is 786. The van der Waals surface area contributed by atoms with Crippen LogP contribution >= 0.6 is 11.6 Å². The quantitative estimate of drug-likeness (QED) is 0.645. The van der Waals surface area contributed by atoms with E-state index in [0.29, 0.717) is 5.15 Å². The van der Waals surface area contributed by atoms with Crippen molar-refractivity contribution in [3.8, 4) is 11.1 Å². The van der Waals surface area contributed by atoms with Crippen LogP contribution in [0.4, 0.5) is 0 Å². The Morgan fingerprint density at radius 3 is 2.67 bits per heavy atom. The average Bonchev–Trinajstić information content (AvgIpc) is 2.63. The Hall–Kier alpha value is -2.00. The van der Waals surface area contributed by atoms with E-state index in [1.165, 1.54) is 0 Å². The molecule has 0 saturated heterocycles. The minimum atomic E-state index is -0.192. The zero-order chi connectivity index (χ0) is 12.7. The number of aromatic amines is 2. The van der Waals surface area contributed by atoms with Crippen molar-refractivity contribution in [1.82, 2.24) is 9.97 Å². The second-order valence-electron chi connectivity index (χ2n) is 4.25. The molecule has 0 radical (unpaired) electrons. The Labute approximate surface area is 108 Å². The summed E-state index contributed by atoms with van der Waals surface area (Å²) in [6.45, 7) is 1.99. The molecule has 0 fully saturated rings. The van der Waals surface area contributed by atoms with Crippen molar-refractivity contribution < 1.29 is 0 Å². The lowest BCUT2D eigenvalue weighted by Gasteiger charge is -2.02. The van der Waals surface area contributed by atoms with Gasteiger partial charge in [-0.1, -0.05) is 29.8 Å². The van der Waals surface area contributed by atoms with Crippen molar-refractivity contribution >= 4 is 22.5 Å². The SMILES string of the molecule is Cc1[nH]c2ccccc2c1-c1cc(Cl)[nH]c(=O)c1. The number of aryl methyl sites for hydroxylation is 1. The number of aromatic nitrogens is 2. The smallest absolute Gasteiger partial charge is 0.249 e. The standard InChI is InChI=1S/C14H11ClN2O/c1-8-14(9-6-12(15)17-13(18)7-9)10-4-2-3-5-11(10)16-8/h2-7,16H,1H3,(H,17,18). The second kappa shape index (κ2) is 4.03. The lowest BCUT2D eigenvalue weighted by atomic mass is 10.0. The van der Waals surface area contributed by atoms with Gasteiger partial charge in [0.1, 0.15) is 5.15 Å². The van der Waals surface area contributed by atoms with E-state index in [0.717, 1.165) is 27.7 Å². The van der Waals surface area contributed by atoms with Gasteiger partial charge in [0.2, 0.25) is 5.56 Å². The molecule has 0 bridgehead atoms. The third-order valence-corrected chi connectivity index (χ3v) is 3.20. The van der Waals surface area contributed by atoms with E-state index in [1.54, 1.807) is 12.1 Å². The van der Waals surface area contributed by atoms with Gasteiger partial charge >= 0.3 is 0 Å². The Morgan fingerprint density at radius 1 is 1.11 bits per heavy atom. The number of halogens is 1. The van der Waals surface area contributed by atoms with Gasteiger partial charge in [-0.15, -0.1) is 0 Å². The average molecular weight is 259 g/mol. The number of benzene rings is 1. The maximum Gasteiger partial charge on any atom is 0.249 e. The van der Waals surface area contributed by atoms with Gasteiger partial charge in [-0.25, -0.2) is 0 Å². The fraction of sp³-hybridized carbons (Fsp3) is 0.0714. The van der Waals surface area contributed by atoms with Crippen LogP contribution in [-0.4, -0.2) is 9.97 Å². The number of rotatable bonds is 1. The van der Waals surface area contributed by atoms with E-state index < -0.39 is 0 Å². The Balaban J connectivity index is 2.37. The molecule has 18 heavy (non-hydrogen) atoms. The fourth-order valence-corrected chi connectivity index (χ4v) is 2.51. The van der Waals surface area contributed by atoms with E-state index in [2.05, 4.69) is 9.97 Å². The van der Waals surface area contributed by atoms with Crippen LogP contribution in [0.5, 0.6) is 0 Å². The van der Waals surface area contributed by atoms with Crippen LogP contribution in [0.1, 0.15) is 5.69 Å². The maximum atomic E-state index is 11.5. The van der Waals surface area contributed by atoms with Gasteiger partial charge in [0.25, 0.3) is 0 Å².